The Labute approximate surface area is 107 Å². The molecule has 1 aromatic heterocycles. The third-order valence-corrected chi connectivity index (χ3v) is 3.25. The van der Waals surface area contributed by atoms with E-state index < -0.39 is 5.60 Å². The van der Waals surface area contributed by atoms with Gasteiger partial charge in [-0.1, -0.05) is 6.92 Å². The number of nitrogen functional groups attached to an aromatic ring is 1. The summed E-state index contributed by atoms with van der Waals surface area (Å²) >= 11 is 0. The van der Waals surface area contributed by atoms with E-state index in [2.05, 4.69) is 10.3 Å². The second-order valence-corrected chi connectivity index (χ2v) is 4.80. The molecule has 2 rings (SSSR count). The van der Waals surface area contributed by atoms with Crippen molar-refractivity contribution in [2.45, 2.75) is 25.9 Å². The number of nitrogens with zero attached hydrogens (tertiary/aromatic N) is 1. The van der Waals surface area contributed by atoms with Crippen LogP contribution in [-0.4, -0.2) is 22.2 Å². The van der Waals surface area contributed by atoms with Gasteiger partial charge >= 0.3 is 0 Å². The Hall–Kier alpha value is -1.81. The Bertz CT molecular complexity index is 552. The average Bonchev–Trinajstić information content (AvgIpc) is 2.38. The summed E-state index contributed by atoms with van der Waals surface area (Å²) in [5.41, 5.74) is 7.77. The number of anilines is 2. The van der Waals surface area contributed by atoms with Crippen molar-refractivity contribution in [2.24, 2.45) is 0 Å². The summed E-state index contributed by atoms with van der Waals surface area (Å²) in [4.78, 5) is 4.25. The fraction of sp³-hybridized carbons (Fsp3) is 0.357. The highest BCUT2D eigenvalue weighted by atomic mass is 16.3. The molecule has 2 aromatic rings. The summed E-state index contributed by atoms with van der Waals surface area (Å²) in [5.74, 6) is 0. The minimum absolute atomic E-state index is 0.472. The van der Waals surface area contributed by atoms with Crippen LogP contribution >= 0.6 is 0 Å². The first-order valence-corrected chi connectivity index (χ1v) is 6.13. The summed E-state index contributed by atoms with van der Waals surface area (Å²) in [6, 6.07) is 7.64. The van der Waals surface area contributed by atoms with Crippen LogP contribution in [0.25, 0.3) is 10.9 Å². The number of hydrogen-bond acceptors (Lipinski definition) is 4. The number of aliphatic hydroxyl groups is 1. The van der Waals surface area contributed by atoms with Gasteiger partial charge in [0.05, 0.1) is 22.5 Å². The van der Waals surface area contributed by atoms with E-state index in [0.717, 1.165) is 16.6 Å². The average molecular weight is 245 g/mol. The largest absolute Gasteiger partial charge is 0.397 e. The summed E-state index contributed by atoms with van der Waals surface area (Å²) in [5, 5.41) is 14.1. The van der Waals surface area contributed by atoms with E-state index in [-0.39, 0.29) is 0 Å². The van der Waals surface area contributed by atoms with E-state index in [4.69, 9.17) is 5.73 Å². The van der Waals surface area contributed by atoms with Crippen LogP contribution in [0.2, 0.25) is 0 Å². The maximum atomic E-state index is 9.97. The molecule has 4 N–H and O–H groups in total. The van der Waals surface area contributed by atoms with Gasteiger partial charge in [-0.3, -0.25) is 4.98 Å². The standard InChI is InChI=1S/C14H19N3O/c1-3-14(2,18)9-17-12-7-6-11-10(13(12)15)5-4-8-16-11/h4-8,17-18H,3,9,15H2,1-2H3. The van der Waals surface area contributed by atoms with E-state index in [0.29, 0.717) is 18.7 Å². The fourth-order valence-corrected chi connectivity index (χ4v) is 1.74. The first-order chi connectivity index (χ1) is 8.53. The smallest absolute Gasteiger partial charge is 0.0788 e. The first kappa shape index (κ1) is 12.6. The predicted octanol–water partition coefficient (Wildman–Crippen LogP) is 2.39. The Morgan fingerprint density at radius 3 is 2.89 bits per heavy atom. The van der Waals surface area contributed by atoms with Gasteiger partial charge in [0.2, 0.25) is 0 Å². The second kappa shape index (κ2) is 4.82. The second-order valence-electron chi connectivity index (χ2n) is 4.80. The molecule has 1 atom stereocenters. The lowest BCUT2D eigenvalue weighted by Gasteiger charge is -2.23. The molecule has 96 valence electrons. The summed E-state index contributed by atoms with van der Waals surface area (Å²) in [7, 11) is 0. The van der Waals surface area contributed by atoms with Crippen LogP contribution in [0.1, 0.15) is 20.3 Å². The molecule has 0 saturated carbocycles. The molecule has 1 heterocycles. The highest BCUT2D eigenvalue weighted by molar-refractivity contribution is 5.96. The third-order valence-electron chi connectivity index (χ3n) is 3.25. The highest BCUT2D eigenvalue weighted by Gasteiger charge is 2.17. The molecular weight excluding hydrogens is 226 g/mol. The molecule has 0 fully saturated rings. The monoisotopic (exact) mass is 245 g/mol. The molecule has 1 aromatic carbocycles. The number of nitrogens with two attached hydrogens (primary N) is 1. The van der Waals surface area contributed by atoms with Gasteiger partial charge in [0.25, 0.3) is 0 Å². The van der Waals surface area contributed by atoms with E-state index in [9.17, 15) is 5.11 Å². The molecule has 4 heteroatoms. The number of hydrogen-bond donors (Lipinski definition) is 3. The lowest BCUT2D eigenvalue weighted by atomic mass is 10.0. The SMILES string of the molecule is CCC(C)(O)CNc1ccc2ncccc2c1N. The van der Waals surface area contributed by atoms with Gasteiger partial charge < -0.3 is 16.2 Å². The molecule has 0 bridgehead atoms. The fourth-order valence-electron chi connectivity index (χ4n) is 1.74. The zero-order valence-corrected chi connectivity index (χ0v) is 10.8. The van der Waals surface area contributed by atoms with Crippen molar-refractivity contribution < 1.29 is 5.11 Å². The molecule has 4 nitrogen and oxygen atoms in total. The Morgan fingerprint density at radius 1 is 1.39 bits per heavy atom. The zero-order chi connectivity index (χ0) is 13.2. The zero-order valence-electron chi connectivity index (χ0n) is 10.8. The van der Waals surface area contributed by atoms with Crippen molar-refractivity contribution in [1.82, 2.24) is 4.98 Å². The van der Waals surface area contributed by atoms with Crippen molar-refractivity contribution in [3.05, 3.63) is 30.5 Å². The van der Waals surface area contributed by atoms with Crippen molar-refractivity contribution >= 4 is 22.3 Å². The normalized spacial score (nSPS) is 14.4. The quantitative estimate of drug-likeness (QED) is 0.723. The van der Waals surface area contributed by atoms with Crippen LogP contribution < -0.4 is 11.1 Å². The number of pyridine rings is 1. The van der Waals surface area contributed by atoms with Gasteiger partial charge in [-0.25, -0.2) is 0 Å². The van der Waals surface area contributed by atoms with E-state index in [1.807, 2.05) is 31.2 Å². The molecule has 0 aliphatic rings. The molecule has 0 aliphatic carbocycles. The van der Waals surface area contributed by atoms with E-state index in [1.165, 1.54) is 0 Å². The van der Waals surface area contributed by atoms with Crippen LogP contribution in [0.4, 0.5) is 11.4 Å². The van der Waals surface area contributed by atoms with Gasteiger partial charge in [-0.15, -0.1) is 0 Å². The number of rotatable bonds is 4. The lowest BCUT2D eigenvalue weighted by molar-refractivity contribution is 0.0697. The number of nitrogens with one attached hydrogen (secondary N) is 1. The summed E-state index contributed by atoms with van der Waals surface area (Å²) < 4.78 is 0. The van der Waals surface area contributed by atoms with Crippen LogP contribution in [0.3, 0.4) is 0 Å². The Kier molecular flexibility index (Phi) is 3.39. The number of fused-ring (bicyclic) bond motifs is 1. The van der Waals surface area contributed by atoms with Crippen LogP contribution in [0.5, 0.6) is 0 Å². The highest BCUT2D eigenvalue weighted by Crippen LogP contribution is 2.27. The van der Waals surface area contributed by atoms with Crippen LogP contribution in [0.15, 0.2) is 30.5 Å². The summed E-state index contributed by atoms with van der Waals surface area (Å²) in [6.45, 7) is 4.23. The van der Waals surface area contributed by atoms with Crippen LogP contribution in [-0.2, 0) is 0 Å². The maximum Gasteiger partial charge on any atom is 0.0788 e. The summed E-state index contributed by atoms with van der Waals surface area (Å²) in [6.07, 6.45) is 2.44. The van der Waals surface area contributed by atoms with Crippen LogP contribution in [0, 0.1) is 0 Å². The van der Waals surface area contributed by atoms with Gasteiger partial charge in [-0.2, -0.15) is 0 Å². The molecule has 1 unspecified atom stereocenters. The molecule has 0 amide bonds. The lowest BCUT2D eigenvalue weighted by Crippen LogP contribution is -2.32. The predicted molar refractivity (Wildman–Crippen MR) is 75.6 cm³/mol. The molecular formula is C14H19N3O. The van der Waals surface area contributed by atoms with E-state index >= 15 is 0 Å². The maximum absolute atomic E-state index is 9.97. The third kappa shape index (κ3) is 2.54. The van der Waals surface area contributed by atoms with Gasteiger partial charge in [0, 0.05) is 18.1 Å². The van der Waals surface area contributed by atoms with E-state index in [1.54, 1.807) is 13.1 Å². The first-order valence-electron chi connectivity index (χ1n) is 6.13. The Balaban J connectivity index is 2.27. The molecule has 0 radical (unpaired) electrons. The number of aromatic nitrogens is 1. The van der Waals surface area contributed by atoms with Gasteiger partial charge in [0.15, 0.2) is 0 Å². The Morgan fingerprint density at radius 2 is 2.17 bits per heavy atom. The van der Waals surface area contributed by atoms with Crippen molar-refractivity contribution in [1.29, 1.82) is 0 Å². The molecule has 0 saturated heterocycles. The van der Waals surface area contributed by atoms with Gasteiger partial charge in [-0.05, 0) is 37.6 Å². The van der Waals surface area contributed by atoms with Crippen molar-refractivity contribution in [3.63, 3.8) is 0 Å². The molecule has 0 spiro atoms. The number of benzene rings is 1. The minimum atomic E-state index is -0.726. The molecule has 0 aliphatic heterocycles. The van der Waals surface area contributed by atoms with Crippen molar-refractivity contribution in [2.75, 3.05) is 17.6 Å². The topological polar surface area (TPSA) is 71.2 Å². The van der Waals surface area contributed by atoms with Gasteiger partial charge in [0.1, 0.15) is 0 Å². The minimum Gasteiger partial charge on any atom is -0.397 e. The molecule has 18 heavy (non-hydrogen) atoms. The van der Waals surface area contributed by atoms with Crippen molar-refractivity contribution in [3.8, 4) is 0 Å².